The van der Waals surface area contributed by atoms with E-state index in [9.17, 15) is 9.90 Å². The van der Waals surface area contributed by atoms with E-state index in [-0.39, 0.29) is 39.9 Å². The molecule has 0 radical (unpaired) electrons. The van der Waals surface area contributed by atoms with E-state index < -0.39 is 5.60 Å². The van der Waals surface area contributed by atoms with Gasteiger partial charge in [0.2, 0.25) is 0 Å². The van der Waals surface area contributed by atoms with E-state index >= 15 is 0 Å². The third-order valence-electron chi connectivity index (χ3n) is 9.27. The number of hydrogen-bond donors (Lipinski definition) is 1. The number of likely N-dealkylation sites (tertiary alicyclic amines) is 1. The van der Waals surface area contributed by atoms with Crippen LogP contribution in [0.4, 0.5) is 0 Å². The fraction of sp³-hybridized carbons (Fsp3) is 0.591. The maximum Gasteiger partial charge on any atom is 0.165 e. The predicted molar refractivity (Wildman–Crippen MR) is 96.9 cm³/mol. The predicted octanol–water partition coefficient (Wildman–Crippen LogP) is 1.95. The van der Waals surface area contributed by atoms with Gasteiger partial charge in [-0.3, -0.25) is 9.69 Å². The maximum absolute atomic E-state index is 12.7. The summed E-state index contributed by atoms with van der Waals surface area (Å²) in [5.74, 6) is 0.796. The van der Waals surface area contributed by atoms with Crippen molar-refractivity contribution in [3.05, 3.63) is 35.4 Å². The zero-order chi connectivity index (χ0) is 18.6. The highest BCUT2D eigenvalue weighted by Crippen LogP contribution is 2.83. The summed E-state index contributed by atoms with van der Waals surface area (Å²) in [6.45, 7) is 1.68. The lowest BCUT2D eigenvalue weighted by molar-refractivity contribution is -0.186. The molecule has 2 aliphatic heterocycles. The summed E-state index contributed by atoms with van der Waals surface area (Å²) in [6, 6.07) is 4.27. The highest BCUT2D eigenvalue weighted by molar-refractivity contribution is 5.83. The SMILES string of the molecule is COC12C=CC3(CC1C(C)=O)C1[N@@](C)[C@@]14Cc1ccc(O)c5c1[C@@]3(C4)C2O5. The van der Waals surface area contributed by atoms with Crippen molar-refractivity contribution < 1.29 is 19.4 Å². The lowest BCUT2D eigenvalue weighted by Gasteiger charge is -2.63. The smallest absolute Gasteiger partial charge is 0.165 e. The third kappa shape index (κ3) is 1.14. The average molecular weight is 365 g/mol. The summed E-state index contributed by atoms with van der Waals surface area (Å²) < 4.78 is 12.7. The van der Waals surface area contributed by atoms with Crippen LogP contribution in [0.2, 0.25) is 0 Å². The van der Waals surface area contributed by atoms with Crippen molar-refractivity contribution >= 4 is 5.78 Å². The first-order chi connectivity index (χ1) is 12.9. The number of piperidine rings is 1. The zero-order valence-electron chi connectivity index (χ0n) is 15.8. The zero-order valence-corrected chi connectivity index (χ0v) is 15.8. The number of carbonyl (C=O) groups excluding carboxylic acids is 1. The van der Waals surface area contributed by atoms with E-state index in [4.69, 9.17) is 9.47 Å². The summed E-state index contributed by atoms with van der Waals surface area (Å²) in [6.07, 6.45) is 7.05. The second kappa shape index (κ2) is 3.83. The molecule has 8 atom stereocenters. The molecule has 7 aliphatic rings. The van der Waals surface area contributed by atoms with Gasteiger partial charge in [-0.1, -0.05) is 18.2 Å². The summed E-state index contributed by atoms with van der Waals surface area (Å²) in [4.78, 5) is 15.2. The molecule has 2 saturated carbocycles. The average Bonchev–Trinajstić information content (AvgIpc) is 2.98. The molecule has 1 saturated heterocycles. The molecule has 8 rings (SSSR count). The van der Waals surface area contributed by atoms with Crippen LogP contribution in [0.5, 0.6) is 11.5 Å². The number of methoxy groups -OCH3 is 1. The van der Waals surface area contributed by atoms with Gasteiger partial charge in [-0.05, 0) is 44.9 Å². The summed E-state index contributed by atoms with van der Waals surface area (Å²) in [5, 5.41) is 10.6. The molecular formula is C22H23NO4. The number of ether oxygens (including phenoxy) is 2. The second-order valence-corrected chi connectivity index (χ2v) is 9.69. The van der Waals surface area contributed by atoms with Crippen LogP contribution in [0, 0.1) is 11.3 Å². The molecule has 140 valence electrons. The fourth-order valence-corrected chi connectivity index (χ4v) is 8.47. The van der Waals surface area contributed by atoms with Gasteiger partial charge in [0.1, 0.15) is 17.5 Å². The highest BCUT2D eigenvalue weighted by Gasteiger charge is 2.90. The van der Waals surface area contributed by atoms with E-state index in [2.05, 4.69) is 30.2 Å². The number of aromatic hydroxyl groups is 1. The largest absolute Gasteiger partial charge is 0.504 e. The van der Waals surface area contributed by atoms with Gasteiger partial charge in [0, 0.05) is 29.7 Å². The summed E-state index contributed by atoms with van der Waals surface area (Å²) in [5.41, 5.74) is 1.55. The maximum atomic E-state index is 12.7. The van der Waals surface area contributed by atoms with Crippen molar-refractivity contribution in [3.8, 4) is 11.5 Å². The first-order valence-corrected chi connectivity index (χ1v) is 9.89. The van der Waals surface area contributed by atoms with Crippen LogP contribution in [-0.4, -0.2) is 53.2 Å². The molecule has 5 unspecified atom stereocenters. The molecule has 1 N–H and O–H groups in total. The Morgan fingerprint density at radius 3 is 2.93 bits per heavy atom. The number of hydrogen-bond acceptors (Lipinski definition) is 5. The Morgan fingerprint density at radius 2 is 2.19 bits per heavy atom. The van der Waals surface area contributed by atoms with E-state index in [1.165, 1.54) is 11.1 Å². The molecule has 1 aromatic carbocycles. The lowest BCUT2D eigenvalue weighted by atomic mass is 9.43. The highest BCUT2D eigenvalue weighted by atomic mass is 16.6. The Hall–Kier alpha value is -1.85. The van der Waals surface area contributed by atoms with Crippen LogP contribution in [0.15, 0.2) is 24.3 Å². The number of carbonyl (C=O) groups is 1. The van der Waals surface area contributed by atoms with Crippen LogP contribution in [-0.2, 0) is 21.4 Å². The Bertz CT molecular complexity index is 1000. The van der Waals surface area contributed by atoms with Gasteiger partial charge in [-0.15, -0.1) is 0 Å². The number of phenolic OH excluding ortho intramolecular Hbond substituents is 1. The Balaban J connectivity index is 1.61. The number of likely N-dealkylation sites (N-methyl/N-ethyl adjacent to an activating group) is 1. The molecule has 3 fully saturated rings. The fourth-order valence-electron chi connectivity index (χ4n) is 8.47. The lowest BCUT2D eigenvalue weighted by Crippen LogP contribution is -2.73. The second-order valence-electron chi connectivity index (χ2n) is 9.69. The molecule has 1 aromatic rings. The number of Topliss-reactive ketones (excluding diaryl/α,β-unsaturated/α-hetero) is 1. The van der Waals surface area contributed by atoms with Gasteiger partial charge in [0.05, 0.1) is 11.3 Å². The molecule has 5 nitrogen and oxygen atoms in total. The number of nitrogens with zero attached hydrogens (tertiary/aromatic N) is 1. The minimum Gasteiger partial charge on any atom is -0.504 e. The van der Waals surface area contributed by atoms with Crippen LogP contribution < -0.4 is 4.74 Å². The number of phenols is 1. The van der Waals surface area contributed by atoms with Gasteiger partial charge in [-0.2, -0.15) is 0 Å². The van der Waals surface area contributed by atoms with Crippen molar-refractivity contribution in [2.45, 2.75) is 54.9 Å². The molecule has 0 aromatic heterocycles. The molecule has 3 spiro atoms. The first-order valence-electron chi connectivity index (χ1n) is 9.89. The molecule has 4 bridgehead atoms. The van der Waals surface area contributed by atoms with Gasteiger partial charge < -0.3 is 14.6 Å². The summed E-state index contributed by atoms with van der Waals surface area (Å²) in [7, 11) is 3.93. The molecule has 2 heterocycles. The Morgan fingerprint density at radius 1 is 1.37 bits per heavy atom. The monoisotopic (exact) mass is 365 g/mol. The number of benzene rings is 1. The molecular weight excluding hydrogens is 342 g/mol. The van der Waals surface area contributed by atoms with Crippen LogP contribution in [0.3, 0.4) is 0 Å². The van der Waals surface area contributed by atoms with Crippen molar-refractivity contribution in [2.75, 3.05) is 14.2 Å². The third-order valence-corrected chi connectivity index (χ3v) is 9.27. The van der Waals surface area contributed by atoms with Crippen molar-refractivity contribution in [3.63, 3.8) is 0 Å². The Labute approximate surface area is 157 Å². The van der Waals surface area contributed by atoms with E-state index in [0.717, 1.165) is 19.3 Å². The van der Waals surface area contributed by atoms with Gasteiger partial charge in [0.15, 0.2) is 11.5 Å². The Kier molecular flexibility index (Phi) is 2.14. The first kappa shape index (κ1) is 15.1. The topological polar surface area (TPSA) is 58.8 Å². The van der Waals surface area contributed by atoms with Gasteiger partial charge in [0.25, 0.3) is 0 Å². The van der Waals surface area contributed by atoms with Gasteiger partial charge in [-0.25, -0.2) is 0 Å². The number of fused-ring (bicyclic) bond motifs is 1. The minimum absolute atomic E-state index is 0.132. The minimum atomic E-state index is -0.760. The molecule has 0 amide bonds. The van der Waals surface area contributed by atoms with Gasteiger partial charge >= 0.3 is 0 Å². The molecule has 27 heavy (non-hydrogen) atoms. The molecule has 5 heteroatoms. The van der Waals surface area contributed by atoms with E-state index in [1.807, 2.05) is 0 Å². The van der Waals surface area contributed by atoms with Crippen molar-refractivity contribution in [1.29, 1.82) is 0 Å². The molecule has 5 aliphatic carbocycles. The van der Waals surface area contributed by atoms with E-state index in [0.29, 0.717) is 11.8 Å². The standard InChI is InChI=1S/C22H23NO4/c1-11(24)13-9-19-6-7-22(13,26-3)18-21(19)10-20(17(19)23(20)2)8-12-4-5-14(25)16(27-18)15(12)21/h4-7,13,17-18,25H,8-10H2,1-3H3/t13?,17?,18?,19?,20-,21+,22?,23-/m1/s1. The van der Waals surface area contributed by atoms with Crippen LogP contribution in [0.25, 0.3) is 0 Å². The summed E-state index contributed by atoms with van der Waals surface area (Å²) >= 11 is 0. The number of rotatable bonds is 2. The van der Waals surface area contributed by atoms with Crippen LogP contribution in [0.1, 0.15) is 30.9 Å². The van der Waals surface area contributed by atoms with Crippen LogP contribution >= 0.6 is 0 Å². The normalized spacial score (nSPS) is 53.7. The quantitative estimate of drug-likeness (QED) is 0.641. The number of ketones is 1. The van der Waals surface area contributed by atoms with Crippen molar-refractivity contribution in [1.82, 2.24) is 4.90 Å². The van der Waals surface area contributed by atoms with E-state index in [1.54, 1.807) is 20.1 Å². The van der Waals surface area contributed by atoms with Crippen molar-refractivity contribution in [2.24, 2.45) is 11.3 Å².